The summed E-state index contributed by atoms with van der Waals surface area (Å²) in [4.78, 5) is 11.2. The second-order valence-corrected chi connectivity index (χ2v) is 4.12. The molecule has 4 heteroatoms. The average molecular weight is 238 g/mol. The van der Waals surface area contributed by atoms with Crippen LogP contribution in [0.3, 0.4) is 0 Å². The Morgan fingerprint density at radius 1 is 1.47 bits per heavy atom. The standard InChI is InChI=1S/C13H19FN2O/c1-3-13(16-4-2,9-12(15)17)10-6-5-7-11(14)8-10/h5-8,16H,3-4,9H2,1-2H3,(H2,15,17). The zero-order valence-corrected chi connectivity index (χ0v) is 10.3. The Bertz CT molecular complexity index is 395. The molecule has 1 rings (SSSR count). The van der Waals surface area contributed by atoms with Crippen molar-refractivity contribution in [3.05, 3.63) is 35.6 Å². The molecule has 0 aliphatic rings. The Balaban J connectivity index is 3.15. The third-order valence-corrected chi connectivity index (χ3v) is 2.97. The molecular weight excluding hydrogens is 219 g/mol. The van der Waals surface area contributed by atoms with E-state index in [2.05, 4.69) is 5.32 Å². The summed E-state index contributed by atoms with van der Waals surface area (Å²) in [5, 5.41) is 3.25. The molecule has 0 aromatic heterocycles. The van der Waals surface area contributed by atoms with Gasteiger partial charge >= 0.3 is 0 Å². The Morgan fingerprint density at radius 2 is 2.18 bits per heavy atom. The monoisotopic (exact) mass is 238 g/mol. The summed E-state index contributed by atoms with van der Waals surface area (Å²) in [7, 11) is 0. The lowest BCUT2D eigenvalue weighted by Crippen LogP contribution is -2.45. The summed E-state index contributed by atoms with van der Waals surface area (Å²) >= 11 is 0. The van der Waals surface area contributed by atoms with Crippen LogP contribution in [0.4, 0.5) is 4.39 Å². The molecular formula is C13H19FN2O. The quantitative estimate of drug-likeness (QED) is 0.795. The van der Waals surface area contributed by atoms with Crippen LogP contribution in [-0.4, -0.2) is 12.5 Å². The fourth-order valence-corrected chi connectivity index (χ4v) is 2.14. The maximum absolute atomic E-state index is 13.3. The minimum atomic E-state index is -0.567. The van der Waals surface area contributed by atoms with Crippen molar-refractivity contribution in [2.75, 3.05) is 6.54 Å². The minimum Gasteiger partial charge on any atom is -0.370 e. The first-order valence-electron chi connectivity index (χ1n) is 5.83. The first-order valence-corrected chi connectivity index (χ1v) is 5.83. The Kier molecular flexibility index (Phi) is 4.63. The molecule has 0 heterocycles. The van der Waals surface area contributed by atoms with Crippen LogP contribution in [0.2, 0.25) is 0 Å². The summed E-state index contributed by atoms with van der Waals surface area (Å²) in [6.07, 6.45) is 0.841. The maximum atomic E-state index is 13.3. The van der Waals surface area contributed by atoms with Gasteiger partial charge in [-0.3, -0.25) is 4.79 Å². The summed E-state index contributed by atoms with van der Waals surface area (Å²) in [5.41, 5.74) is 5.48. The van der Waals surface area contributed by atoms with Gasteiger partial charge < -0.3 is 11.1 Å². The Labute approximate surface area is 101 Å². The van der Waals surface area contributed by atoms with Gasteiger partial charge in [-0.25, -0.2) is 4.39 Å². The normalized spacial score (nSPS) is 14.3. The van der Waals surface area contributed by atoms with E-state index in [1.54, 1.807) is 6.07 Å². The van der Waals surface area contributed by atoms with Crippen LogP contribution < -0.4 is 11.1 Å². The van der Waals surface area contributed by atoms with Crippen molar-refractivity contribution in [3.8, 4) is 0 Å². The highest BCUT2D eigenvalue weighted by Gasteiger charge is 2.31. The minimum absolute atomic E-state index is 0.167. The van der Waals surface area contributed by atoms with Gasteiger partial charge in [-0.05, 0) is 30.7 Å². The van der Waals surface area contributed by atoms with Crippen molar-refractivity contribution in [3.63, 3.8) is 0 Å². The highest BCUT2D eigenvalue weighted by molar-refractivity contribution is 5.75. The molecule has 0 fully saturated rings. The van der Waals surface area contributed by atoms with Gasteiger partial charge in [0.15, 0.2) is 0 Å². The van der Waals surface area contributed by atoms with Gasteiger partial charge in [-0.15, -0.1) is 0 Å². The van der Waals surface area contributed by atoms with Crippen LogP contribution in [0.5, 0.6) is 0 Å². The number of hydrogen-bond acceptors (Lipinski definition) is 2. The van der Waals surface area contributed by atoms with Crippen molar-refractivity contribution < 1.29 is 9.18 Å². The highest BCUT2D eigenvalue weighted by atomic mass is 19.1. The molecule has 94 valence electrons. The maximum Gasteiger partial charge on any atom is 0.219 e. The number of primary amides is 1. The average Bonchev–Trinajstić information content (AvgIpc) is 2.27. The van der Waals surface area contributed by atoms with Gasteiger partial charge in [0.1, 0.15) is 5.82 Å². The molecule has 1 amide bonds. The van der Waals surface area contributed by atoms with Crippen molar-refractivity contribution in [1.82, 2.24) is 5.32 Å². The zero-order chi connectivity index (χ0) is 12.9. The first-order chi connectivity index (χ1) is 8.04. The molecule has 0 aliphatic carbocycles. The lowest BCUT2D eigenvalue weighted by atomic mass is 9.83. The van der Waals surface area contributed by atoms with Crippen molar-refractivity contribution in [2.24, 2.45) is 5.73 Å². The number of halogens is 1. The number of carbonyl (C=O) groups excluding carboxylic acids is 1. The molecule has 0 bridgehead atoms. The van der Waals surface area contributed by atoms with Crippen LogP contribution in [0.15, 0.2) is 24.3 Å². The van der Waals surface area contributed by atoms with Crippen molar-refractivity contribution >= 4 is 5.91 Å². The van der Waals surface area contributed by atoms with E-state index in [9.17, 15) is 9.18 Å². The van der Waals surface area contributed by atoms with E-state index in [0.29, 0.717) is 13.0 Å². The molecule has 17 heavy (non-hydrogen) atoms. The third kappa shape index (κ3) is 3.27. The number of carbonyl (C=O) groups is 1. The second kappa shape index (κ2) is 5.77. The van der Waals surface area contributed by atoms with Crippen LogP contribution in [-0.2, 0) is 10.3 Å². The fourth-order valence-electron chi connectivity index (χ4n) is 2.14. The topological polar surface area (TPSA) is 55.1 Å². The molecule has 1 atom stereocenters. The van der Waals surface area contributed by atoms with Gasteiger partial charge in [-0.1, -0.05) is 26.0 Å². The molecule has 3 N–H and O–H groups in total. The molecule has 1 aromatic carbocycles. The van der Waals surface area contributed by atoms with Gasteiger partial charge in [0.05, 0.1) is 5.54 Å². The van der Waals surface area contributed by atoms with E-state index in [0.717, 1.165) is 5.56 Å². The molecule has 3 nitrogen and oxygen atoms in total. The largest absolute Gasteiger partial charge is 0.370 e. The van der Waals surface area contributed by atoms with Gasteiger partial charge in [-0.2, -0.15) is 0 Å². The molecule has 0 aliphatic heterocycles. The number of amides is 1. The summed E-state index contributed by atoms with van der Waals surface area (Å²) in [6.45, 7) is 4.60. The van der Waals surface area contributed by atoms with Crippen molar-refractivity contribution in [1.29, 1.82) is 0 Å². The number of nitrogens with two attached hydrogens (primary N) is 1. The van der Waals surface area contributed by atoms with Gasteiger partial charge in [0.25, 0.3) is 0 Å². The van der Waals surface area contributed by atoms with Gasteiger partial charge in [0.2, 0.25) is 5.91 Å². The van der Waals surface area contributed by atoms with Crippen LogP contribution in [0, 0.1) is 5.82 Å². The molecule has 1 unspecified atom stereocenters. The van der Waals surface area contributed by atoms with E-state index in [1.165, 1.54) is 12.1 Å². The predicted molar refractivity (Wildman–Crippen MR) is 65.9 cm³/mol. The Hall–Kier alpha value is -1.42. The van der Waals surface area contributed by atoms with Crippen LogP contribution in [0.1, 0.15) is 32.3 Å². The van der Waals surface area contributed by atoms with Crippen LogP contribution >= 0.6 is 0 Å². The van der Waals surface area contributed by atoms with E-state index < -0.39 is 11.4 Å². The molecule has 0 saturated heterocycles. The number of benzene rings is 1. The molecule has 1 aromatic rings. The van der Waals surface area contributed by atoms with Gasteiger partial charge in [0, 0.05) is 6.42 Å². The smallest absolute Gasteiger partial charge is 0.219 e. The fraction of sp³-hybridized carbons (Fsp3) is 0.462. The molecule has 0 saturated carbocycles. The van der Waals surface area contributed by atoms with E-state index in [4.69, 9.17) is 5.73 Å². The second-order valence-electron chi connectivity index (χ2n) is 4.12. The number of hydrogen-bond donors (Lipinski definition) is 2. The number of nitrogens with one attached hydrogen (secondary N) is 1. The lowest BCUT2D eigenvalue weighted by molar-refractivity contribution is -0.119. The molecule has 0 radical (unpaired) electrons. The highest BCUT2D eigenvalue weighted by Crippen LogP contribution is 2.29. The third-order valence-electron chi connectivity index (χ3n) is 2.97. The van der Waals surface area contributed by atoms with E-state index >= 15 is 0 Å². The van der Waals surface area contributed by atoms with E-state index in [1.807, 2.05) is 19.9 Å². The van der Waals surface area contributed by atoms with Crippen LogP contribution in [0.25, 0.3) is 0 Å². The van der Waals surface area contributed by atoms with Crippen molar-refractivity contribution in [2.45, 2.75) is 32.2 Å². The summed E-state index contributed by atoms with van der Waals surface area (Å²) < 4.78 is 13.3. The zero-order valence-electron chi connectivity index (χ0n) is 10.3. The number of rotatable bonds is 6. The first kappa shape index (κ1) is 13.6. The summed E-state index contributed by atoms with van der Waals surface area (Å²) in [6, 6.07) is 6.31. The lowest BCUT2D eigenvalue weighted by Gasteiger charge is -2.33. The Morgan fingerprint density at radius 3 is 2.65 bits per heavy atom. The predicted octanol–water partition coefficient (Wildman–Crippen LogP) is 1.92. The summed E-state index contributed by atoms with van der Waals surface area (Å²) in [5.74, 6) is -0.695. The van der Waals surface area contributed by atoms with E-state index in [-0.39, 0.29) is 12.2 Å². The molecule has 0 spiro atoms. The SMILES string of the molecule is CCNC(CC)(CC(N)=O)c1cccc(F)c1.